The molecular weight excluding hydrogens is 420 g/mol. The van der Waals surface area contributed by atoms with Crippen LogP contribution in [0.15, 0.2) is 65.8 Å². The second-order valence-corrected chi connectivity index (χ2v) is 12.0. The van der Waals surface area contributed by atoms with Gasteiger partial charge < -0.3 is 0 Å². The summed E-state index contributed by atoms with van der Waals surface area (Å²) in [5.74, 6) is 2.69. The molecule has 1 aromatic carbocycles. The lowest BCUT2D eigenvalue weighted by Gasteiger charge is -2.44. The van der Waals surface area contributed by atoms with E-state index in [0.717, 1.165) is 17.8 Å². The molecule has 0 heteroatoms. The fourth-order valence-electron chi connectivity index (χ4n) is 7.31. The highest BCUT2D eigenvalue weighted by Gasteiger charge is 2.40. The van der Waals surface area contributed by atoms with E-state index in [1.165, 1.54) is 115 Å². The minimum absolute atomic E-state index is 0.204. The molecule has 4 rings (SSSR count). The maximum absolute atomic E-state index is 2.65. The molecule has 1 fully saturated rings. The van der Waals surface area contributed by atoms with Gasteiger partial charge in [0.05, 0.1) is 0 Å². The molecule has 0 aromatic heterocycles. The van der Waals surface area contributed by atoms with Crippen LogP contribution in [0.1, 0.15) is 129 Å². The molecular formula is C35H52. The highest BCUT2D eigenvalue weighted by Crippen LogP contribution is 2.49. The van der Waals surface area contributed by atoms with Crippen LogP contribution in [0.3, 0.4) is 0 Å². The van der Waals surface area contributed by atoms with Crippen molar-refractivity contribution in [3.05, 3.63) is 71.3 Å². The van der Waals surface area contributed by atoms with E-state index in [4.69, 9.17) is 0 Å². The van der Waals surface area contributed by atoms with Gasteiger partial charge in [-0.15, -0.1) is 0 Å². The van der Waals surface area contributed by atoms with Crippen molar-refractivity contribution in [1.82, 2.24) is 0 Å². The maximum atomic E-state index is 2.65. The van der Waals surface area contributed by atoms with Crippen molar-refractivity contribution in [2.45, 2.75) is 128 Å². The van der Waals surface area contributed by atoms with E-state index in [1.807, 2.05) is 0 Å². The molecule has 0 spiro atoms. The van der Waals surface area contributed by atoms with Gasteiger partial charge in [-0.25, -0.2) is 0 Å². The molecule has 1 saturated carbocycles. The number of rotatable bonds is 12. The van der Waals surface area contributed by atoms with Crippen LogP contribution < -0.4 is 0 Å². The first-order valence-electron chi connectivity index (χ1n) is 15.4. The van der Waals surface area contributed by atoms with Gasteiger partial charge in [-0.1, -0.05) is 139 Å². The van der Waals surface area contributed by atoms with Crippen LogP contribution in [-0.4, -0.2) is 0 Å². The highest BCUT2D eigenvalue weighted by atomic mass is 14.4. The fraction of sp³-hybridized carbons (Fsp3) is 0.657. The van der Waals surface area contributed by atoms with Gasteiger partial charge in [0.1, 0.15) is 0 Å². The van der Waals surface area contributed by atoms with E-state index in [-0.39, 0.29) is 5.41 Å². The van der Waals surface area contributed by atoms with Gasteiger partial charge in [0.25, 0.3) is 0 Å². The zero-order chi connectivity index (χ0) is 24.3. The molecule has 0 aliphatic heterocycles. The molecule has 35 heavy (non-hydrogen) atoms. The summed E-state index contributed by atoms with van der Waals surface area (Å²) in [4.78, 5) is 0. The smallest absolute Gasteiger partial charge is 0.0198 e. The Balaban J connectivity index is 1.39. The summed E-state index contributed by atoms with van der Waals surface area (Å²) in [6, 6.07) is 11.5. The minimum atomic E-state index is 0.204. The average Bonchev–Trinajstić information content (AvgIpc) is 2.93. The Hall–Kier alpha value is -1.56. The van der Waals surface area contributed by atoms with E-state index in [0.29, 0.717) is 0 Å². The molecule has 0 saturated heterocycles. The third kappa shape index (κ3) is 7.02. The molecule has 3 aliphatic rings. The average molecular weight is 473 g/mol. The van der Waals surface area contributed by atoms with Crippen LogP contribution in [0, 0.1) is 17.8 Å². The number of hydrogen-bond donors (Lipinski definition) is 0. The predicted octanol–water partition coefficient (Wildman–Crippen LogP) is 10.9. The zero-order valence-corrected chi connectivity index (χ0v) is 22.9. The van der Waals surface area contributed by atoms with Crippen molar-refractivity contribution < 1.29 is 0 Å². The summed E-state index contributed by atoms with van der Waals surface area (Å²) < 4.78 is 0. The third-order valence-electron chi connectivity index (χ3n) is 9.68. The first-order chi connectivity index (χ1) is 17.2. The molecule has 192 valence electrons. The Kier molecular flexibility index (Phi) is 10.3. The van der Waals surface area contributed by atoms with Crippen LogP contribution in [0.4, 0.5) is 0 Å². The monoisotopic (exact) mass is 472 g/mol. The first-order valence-corrected chi connectivity index (χ1v) is 15.4. The third-order valence-corrected chi connectivity index (χ3v) is 9.68. The number of hydrogen-bond acceptors (Lipinski definition) is 0. The number of allylic oxidation sites excluding steroid dienone is 6. The van der Waals surface area contributed by atoms with Crippen molar-refractivity contribution in [2.24, 2.45) is 17.8 Å². The zero-order valence-electron chi connectivity index (χ0n) is 22.9. The van der Waals surface area contributed by atoms with Gasteiger partial charge in [0, 0.05) is 5.41 Å². The van der Waals surface area contributed by atoms with Gasteiger partial charge in [-0.3, -0.25) is 0 Å². The lowest BCUT2D eigenvalue weighted by Crippen LogP contribution is -2.37. The summed E-state index contributed by atoms with van der Waals surface area (Å²) in [6.45, 7) is 4.64. The van der Waals surface area contributed by atoms with Crippen molar-refractivity contribution in [1.29, 1.82) is 0 Å². The van der Waals surface area contributed by atoms with Gasteiger partial charge in [-0.2, -0.15) is 0 Å². The normalized spacial score (nSPS) is 29.0. The Labute approximate surface area is 217 Å². The number of benzene rings is 1. The maximum Gasteiger partial charge on any atom is 0.0198 e. The summed E-state index contributed by atoms with van der Waals surface area (Å²) in [5, 5.41) is 0. The van der Waals surface area contributed by atoms with Crippen molar-refractivity contribution >= 4 is 0 Å². The molecule has 2 unspecified atom stereocenters. The summed E-state index contributed by atoms with van der Waals surface area (Å²) in [5.41, 5.74) is 4.92. The summed E-state index contributed by atoms with van der Waals surface area (Å²) in [7, 11) is 0. The lowest BCUT2D eigenvalue weighted by molar-refractivity contribution is 0.192. The second-order valence-electron chi connectivity index (χ2n) is 12.0. The van der Waals surface area contributed by atoms with E-state index in [2.05, 4.69) is 68.5 Å². The van der Waals surface area contributed by atoms with E-state index < -0.39 is 0 Å². The Morgan fingerprint density at radius 3 is 2.11 bits per heavy atom. The Morgan fingerprint density at radius 1 is 0.743 bits per heavy atom. The van der Waals surface area contributed by atoms with Crippen molar-refractivity contribution in [3.8, 4) is 0 Å². The highest BCUT2D eigenvalue weighted by molar-refractivity contribution is 5.48. The summed E-state index contributed by atoms with van der Waals surface area (Å²) >= 11 is 0. The molecule has 0 bridgehead atoms. The van der Waals surface area contributed by atoms with Gasteiger partial charge >= 0.3 is 0 Å². The predicted molar refractivity (Wildman–Crippen MR) is 154 cm³/mol. The Morgan fingerprint density at radius 2 is 1.46 bits per heavy atom. The van der Waals surface area contributed by atoms with E-state index >= 15 is 0 Å². The fourth-order valence-corrected chi connectivity index (χ4v) is 7.31. The van der Waals surface area contributed by atoms with Crippen molar-refractivity contribution in [2.75, 3.05) is 0 Å². The number of unbranched alkanes of at least 4 members (excludes halogenated alkanes) is 5. The molecule has 0 heterocycles. The van der Waals surface area contributed by atoms with Gasteiger partial charge in [0.15, 0.2) is 0 Å². The van der Waals surface area contributed by atoms with E-state index in [1.54, 1.807) is 11.1 Å². The van der Waals surface area contributed by atoms with Crippen molar-refractivity contribution in [3.63, 3.8) is 0 Å². The van der Waals surface area contributed by atoms with Crippen LogP contribution in [0.25, 0.3) is 0 Å². The molecule has 0 radical (unpaired) electrons. The molecule has 3 aliphatic carbocycles. The molecule has 2 atom stereocenters. The topological polar surface area (TPSA) is 0 Å². The Bertz CT molecular complexity index is 832. The molecule has 1 aromatic rings. The van der Waals surface area contributed by atoms with Crippen LogP contribution in [-0.2, 0) is 5.41 Å². The molecule has 0 nitrogen and oxygen atoms in total. The standard InChI is InChI=1S/C35H52/c1-3-5-7-10-14-30-19-23-34(24-20-30)35(33-15-11-8-12-16-33)27-25-32(26-28-35)31-21-17-29(18-22-31)13-9-6-4-2/h8,11-12,15-16,21,25-27,29-30,34H,3-7,9-10,13-14,17-20,22-24,28H2,1-2H3/t29?,30-,34-,35?. The SMILES string of the molecule is CCCCCC[C@H]1CC[C@H](C2(c3ccccc3)C=CC(C3=CCC(CCCCC)CC3)=CC2)CC1. The van der Waals surface area contributed by atoms with Crippen LogP contribution in [0.2, 0.25) is 0 Å². The molecule has 0 N–H and O–H groups in total. The quantitative estimate of drug-likeness (QED) is 0.265. The largest absolute Gasteiger partial charge is 0.0805 e. The van der Waals surface area contributed by atoms with E-state index in [9.17, 15) is 0 Å². The minimum Gasteiger partial charge on any atom is -0.0805 e. The van der Waals surface area contributed by atoms with Crippen LogP contribution in [0.5, 0.6) is 0 Å². The lowest BCUT2D eigenvalue weighted by atomic mass is 9.60. The first kappa shape index (κ1) is 26.5. The second kappa shape index (κ2) is 13.7. The van der Waals surface area contributed by atoms with Gasteiger partial charge in [0.2, 0.25) is 0 Å². The van der Waals surface area contributed by atoms with Gasteiger partial charge in [-0.05, 0) is 73.0 Å². The van der Waals surface area contributed by atoms with Crippen LogP contribution >= 0.6 is 0 Å². The summed E-state index contributed by atoms with van der Waals surface area (Å²) in [6.07, 6.45) is 34.0. The molecule has 0 amide bonds.